The summed E-state index contributed by atoms with van der Waals surface area (Å²) in [5.41, 5.74) is 2.66. The second-order valence-electron chi connectivity index (χ2n) is 5.92. The van der Waals surface area contributed by atoms with Crippen LogP contribution in [0.4, 0.5) is 8.78 Å². The van der Waals surface area contributed by atoms with Crippen LogP contribution in [0, 0.1) is 11.6 Å². The highest BCUT2D eigenvalue weighted by atomic mass is 19.1. The molecule has 3 N–H and O–H groups in total. The van der Waals surface area contributed by atoms with Crippen molar-refractivity contribution < 1.29 is 18.7 Å². The van der Waals surface area contributed by atoms with Gasteiger partial charge in [-0.25, -0.2) is 8.78 Å². The number of aromatic nitrogens is 1. The Bertz CT molecular complexity index is 951. The Balaban J connectivity index is 1.92. The van der Waals surface area contributed by atoms with Gasteiger partial charge in [-0.05, 0) is 17.7 Å². The SMILES string of the molecule is O=C(O)[C@@H]1Cc2c([nH]c3ccccc23)[C@@H](c2ccc(F)cc2F)N1. The summed E-state index contributed by atoms with van der Waals surface area (Å²) < 4.78 is 27.5. The Hall–Kier alpha value is -2.73. The number of carboxylic acid groups (broad SMARTS) is 1. The average molecular weight is 328 g/mol. The summed E-state index contributed by atoms with van der Waals surface area (Å²) in [5, 5.41) is 13.3. The van der Waals surface area contributed by atoms with Crippen molar-refractivity contribution in [1.29, 1.82) is 0 Å². The molecule has 0 saturated heterocycles. The number of H-pyrrole nitrogens is 1. The molecule has 0 saturated carbocycles. The fourth-order valence-corrected chi connectivity index (χ4v) is 3.37. The summed E-state index contributed by atoms with van der Waals surface area (Å²) in [6, 6.07) is 9.36. The van der Waals surface area contributed by atoms with Gasteiger partial charge in [-0.3, -0.25) is 10.1 Å². The summed E-state index contributed by atoms with van der Waals surface area (Å²) in [6.45, 7) is 0. The van der Waals surface area contributed by atoms with Gasteiger partial charge in [0.2, 0.25) is 0 Å². The highest BCUT2D eigenvalue weighted by molar-refractivity contribution is 5.87. The number of benzene rings is 2. The van der Waals surface area contributed by atoms with E-state index >= 15 is 0 Å². The first-order valence-corrected chi connectivity index (χ1v) is 7.58. The minimum Gasteiger partial charge on any atom is -0.480 e. The first kappa shape index (κ1) is 14.8. The summed E-state index contributed by atoms with van der Waals surface area (Å²) in [7, 11) is 0. The van der Waals surface area contributed by atoms with Crippen LogP contribution in [0.1, 0.15) is 22.9 Å². The summed E-state index contributed by atoms with van der Waals surface area (Å²) in [5.74, 6) is -2.37. The van der Waals surface area contributed by atoms with Crippen LogP contribution >= 0.6 is 0 Å². The average Bonchev–Trinajstić information content (AvgIpc) is 2.93. The maximum absolute atomic E-state index is 14.3. The van der Waals surface area contributed by atoms with Crippen molar-refractivity contribution in [2.45, 2.75) is 18.5 Å². The molecular formula is C18H14F2N2O2. The number of para-hydroxylation sites is 1. The predicted octanol–water partition coefficient (Wildman–Crippen LogP) is 3.13. The monoisotopic (exact) mass is 328 g/mol. The lowest BCUT2D eigenvalue weighted by molar-refractivity contribution is -0.139. The largest absolute Gasteiger partial charge is 0.480 e. The van der Waals surface area contributed by atoms with E-state index in [9.17, 15) is 18.7 Å². The number of hydrogen-bond acceptors (Lipinski definition) is 2. The predicted molar refractivity (Wildman–Crippen MR) is 84.8 cm³/mol. The number of rotatable bonds is 2. The minimum atomic E-state index is -1.00. The third-order valence-corrected chi connectivity index (χ3v) is 4.48. The number of halogens is 2. The van der Waals surface area contributed by atoms with Crippen LogP contribution in [0.15, 0.2) is 42.5 Å². The van der Waals surface area contributed by atoms with Gasteiger partial charge in [-0.1, -0.05) is 24.3 Å². The number of aromatic amines is 1. The maximum Gasteiger partial charge on any atom is 0.321 e. The van der Waals surface area contributed by atoms with Gasteiger partial charge in [0.15, 0.2) is 0 Å². The minimum absolute atomic E-state index is 0.218. The highest BCUT2D eigenvalue weighted by Crippen LogP contribution is 2.36. The van der Waals surface area contributed by atoms with E-state index in [0.717, 1.165) is 28.2 Å². The zero-order valence-electron chi connectivity index (χ0n) is 12.5. The van der Waals surface area contributed by atoms with Crippen LogP contribution in [-0.4, -0.2) is 22.1 Å². The van der Waals surface area contributed by atoms with E-state index in [1.165, 1.54) is 12.1 Å². The fraction of sp³-hybridized carbons (Fsp3) is 0.167. The molecule has 3 aromatic rings. The molecule has 24 heavy (non-hydrogen) atoms. The molecule has 0 unspecified atom stereocenters. The zero-order chi connectivity index (χ0) is 16.8. The first-order valence-electron chi connectivity index (χ1n) is 7.58. The molecule has 122 valence electrons. The van der Waals surface area contributed by atoms with Gasteiger partial charge >= 0.3 is 5.97 Å². The number of hydrogen-bond donors (Lipinski definition) is 3. The molecule has 0 bridgehead atoms. The first-order chi connectivity index (χ1) is 11.5. The van der Waals surface area contributed by atoms with Crippen molar-refractivity contribution in [3.8, 4) is 0 Å². The summed E-state index contributed by atoms with van der Waals surface area (Å²) in [4.78, 5) is 14.8. The topological polar surface area (TPSA) is 65.1 Å². The lowest BCUT2D eigenvalue weighted by Gasteiger charge is -2.29. The van der Waals surface area contributed by atoms with Gasteiger partial charge in [0.25, 0.3) is 0 Å². The Morgan fingerprint density at radius 3 is 2.71 bits per heavy atom. The molecule has 1 aliphatic rings. The molecule has 0 radical (unpaired) electrons. The van der Waals surface area contributed by atoms with Gasteiger partial charge in [-0.2, -0.15) is 0 Å². The second-order valence-corrected chi connectivity index (χ2v) is 5.92. The molecule has 1 aliphatic heterocycles. The Morgan fingerprint density at radius 1 is 1.17 bits per heavy atom. The molecule has 1 aromatic heterocycles. The molecule has 6 heteroatoms. The van der Waals surface area contributed by atoms with E-state index in [1.807, 2.05) is 24.3 Å². The van der Waals surface area contributed by atoms with Gasteiger partial charge in [0, 0.05) is 34.6 Å². The standard InChI is InChI=1S/C18H14F2N2O2/c19-9-5-6-11(13(20)7-9)16-17-12(8-15(22-16)18(23)24)10-3-1-2-4-14(10)21-17/h1-7,15-16,21-22H,8H2,(H,23,24)/t15-,16+/m0/s1. The van der Waals surface area contributed by atoms with Gasteiger partial charge in [-0.15, -0.1) is 0 Å². The van der Waals surface area contributed by atoms with E-state index < -0.39 is 29.7 Å². The van der Waals surface area contributed by atoms with Crippen LogP contribution < -0.4 is 5.32 Å². The molecule has 0 aliphatic carbocycles. The quantitative estimate of drug-likeness (QED) is 0.677. The Morgan fingerprint density at radius 2 is 1.96 bits per heavy atom. The van der Waals surface area contributed by atoms with E-state index in [2.05, 4.69) is 10.3 Å². The van der Waals surface area contributed by atoms with Crippen molar-refractivity contribution in [2.24, 2.45) is 0 Å². The van der Waals surface area contributed by atoms with Crippen LogP contribution in [0.3, 0.4) is 0 Å². The highest BCUT2D eigenvalue weighted by Gasteiger charge is 2.34. The van der Waals surface area contributed by atoms with Crippen molar-refractivity contribution in [3.63, 3.8) is 0 Å². The number of carboxylic acids is 1. The maximum atomic E-state index is 14.3. The summed E-state index contributed by atoms with van der Waals surface area (Å²) in [6.07, 6.45) is 0.300. The third-order valence-electron chi connectivity index (χ3n) is 4.48. The molecule has 2 aromatic carbocycles. The summed E-state index contributed by atoms with van der Waals surface area (Å²) >= 11 is 0. The van der Waals surface area contributed by atoms with E-state index in [1.54, 1.807) is 0 Å². The smallest absolute Gasteiger partial charge is 0.321 e. The van der Waals surface area contributed by atoms with Crippen LogP contribution in [0.2, 0.25) is 0 Å². The molecule has 0 spiro atoms. The van der Waals surface area contributed by atoms with E-state index in [-0.39, 0.29) is 5.56 Å². The van der Waals surface area contributed by atoms with Crippen LogP contribution in [-0.2, 0) is 11.2 Å². The van der Waals surface area contributed by atoms with Gasteiger partial charge in [0.05, 0.1) is 6.04 Å². The normalized spacial score (nSPS) is 20.1. The van der Waals surface area contributed by atoms with Gasteiger partial charge < -0.3 is 10.1 Å². The molecule has 2 atom stereocenters. The third kappa shape index (κ3) is 2.27. The van der Waals surface area contributed by atoms with Crippen molar-refractivity contribution in [2.75, 3.05) is 0 Å². The molecule has 4 nitrogen and oxygen atoms in total. The lowest BCUT2D eigenvalue weighted by Crippen LogP contribution is -2.45. The molecule has 0 fully saturated rings. The zero-order valence-corrected chi connectivity index (χ0v) is 12.5. The van der Waals surface area contributed by atoms with Crippen molar-refractivity contribution >= 4 is 16.9 Å². The van der Waals surface area contributed by atoms with E-state index in [0.29, 0.717) is 6.42 Å². The molecule has 0 amide bonds. The number of fused-ring (bicyclic) bond motifs is 3. The number of aliphatic carboxylic acids is 1. The molecular weight excluding hydrogens is 314 g/mol. The molecule has 2 heterocycles. The van der Waals surface area contributed by atoms with Crippen LogP contribution in [0.5, 0.6) is 0 Å². The van der Waals surface area contributed by atoms with E-state index in [4.69, 9.17) is 0 Å². The lowest BCUT2D eigenvalue weighted by atomic mass is 9.90. The molecule has 4 rings (SSSR count). The Kier molecular flexibility index (Phi) is 3.35. The van der Waals surface area contributed by atoms with Crippen molar-refractivity contribution in [1.82, 2.24) is 10.3 Å². The van der Waals surface area contributed by atoms with Gasteiger partial charge in [0.1, 0.15) is 17.7 Å². The van der Waals surface area contributed by atoms with Crippen LogP contribution in [0.25, 0.3) is 10.9 Å². The van der Waals surface area contributed by atoms with Crippen molar-refractivity contribution in [3.05, 3.63) is 70.9 Å². The number of carbonyl (C=O) groups is 1. The number of nitrogens with one attached hydrogen (secondary N) is 2. The Labute approximate surface area is 136 Å². The fourth-order valence-electron chi connectivity index (χ4n) is 3.37. The second kappa shape index (κ2) is 5.42.